The van der Waals surface area contributed by atoms with Crippen LogP contribution < -0.4 is 19.1 Å². The first kappa shape index (κ1) is 27.3. The lowest BCUT2D eigenvalue weighted by Gasteiger charge is -2.33. The first-order valence-corrected chi connectivity index (χ1v) is 13.8. The number of benzene rings is 2. The lowest BCUT2D eigenvalue weighted by Crippen LogP contribution is -2.52. The van der Waals surface area contributed by atoms with E-state index in [1.54, 1.807) is 12.1 Å². The number of hydrogen-bond donors (Lipinski definition) is 1. The molecule has 1 heterocycles. The molecule has 10 heteroatoms. The number of hydrogen-bond acceptors (Lipinski definition) is 6. The minimum Gasteiger partial charge on any atom is -0.454 e. The highest BCUT2D eigenvalue weighted by Crippen LogP contribution is 2.36. The van der Waals surface area contributed by atoms with Gasteiger partial charge in [-0.3, -0.25) is 13.9 Å². The van der Waals surface area contributed by atoms with E-state index >= 15 is 0 Å². The maximum Gasteiger partial charge on any atom is 0.244 e. The van der Waals surface area contributed by atoms with E-state index in [1.807, 2.05) is 52.0 Å². The van der Waals surface area contributed by atoms with Gasteiger partial charge in [0.25, 0.3) is 0 Å². The summed E-state index contributed by atoms with van der Waals surface area (Å²) in [5.41, 5.74) is 2.20. The number of nitrogens with zero attached hydrogens (tertiary/aromatic N) is 2. The summed E-state index contributed by atoms with van der Waals surface area (Å²) < 4.78 is 37.2. The fraction of sp³-hybridized carbons (Fsp3) is 0.462. The van der Waals surface area contributed by atoms with E-state index in [4.69, 9.17) is 9.47 Å². The van der Waals surface area contributed by atoms with Crippen molar-refractivity contribution in [3.05, 3.63) is 53.6 Å². The average Bonchev–Trinajstić information content (AvgIpc) is 3.29. The Bertz CT molecular complexity index is 1180. The Hall–Kier alpha value is -3.27. The summed E-state index contributed by atoms with van der Waals surface area (Å²) in [6, 6.07) is 11.6. The van der Waals surface area contributed by atoms with Crippen LogP contribution in [0.4, 0.5) is 5.69 Å². The number of amides is 2. The molecule has 0 fully saturated rings. The quantitative estimate of drug-likeness (QED) is 0.491. The van der Waals surface area contributed by atoms with Crippen molar-refractivity contribution in [3.8, 4) is 11.5 Å². The average molecular weight is 518 g/mol. The van der Waals surface area contributed by atoms with E-state index in [9.17, 15) is 18.0 Å². The Morgan fingerprint density at radius 3 is 2.33 bits per heavy atom. The second kappa shape index (κ2) is 11.6. The summed E-state index contributed by atoms with van der Waals surface area (Å²) in [5.74, 6) is 0.419. The van der Waals surface area contributed by atoms with Crippen molar-refractivity contribution in [3.63, 3.8) is 0 Å². The van der Waals surface area contributed by atoms with Crippen LogP contribution in [0.3, 0.4) is 0 Å². The molecule has 0 spiro atoms. The topological polar surface area (TPSA) is 105 Å². The molecule has 1 N–H and O–H groups in total. The van der Waals surface area contributed by atoms with Crippen molar-refractivity contribution in [1.29, 1.82) is 0 Å². The molecule has 0 bridgehead atoms. The Balaban J connectivity index is 1.92. The minimum absolute atomic E-state index is 0.0462. The number of ether oxygens (including phenoxy) is 2. The van der Waals surface area contributed by atoms with E-state index in [0.717, 1.165) is 21.7 Å². The molecule has 3 rings (SSSR count). The molecule has 9 nitrogen and oxygen atoms in total. The predicted octanol–water partition coefficient (Wildman–Crippen LogP) is 3.07. The molecule has 0 aromatic heterocycles. The van der Waals surface area contributed by atoms with E-state index in [-0.39, 0.29) is 30.9 Å². The van der Waals surface area contributed by atoms with Crippen LogP contribution in [0.15, 0.2) is 42.5 Å². The zero-order chi connectivity index (χ0) is 26.5. The molecule has 1 aliphatic rings. The lowest BCUT2D eigenvalue weighted by molar-refractivity contribution is -0.140. The summed E-state index contributed by atoms with van der Waals surface area (Å²) in [7, 11) is -3.83. The number of nitrogens with one attached hydrogen (secondary N) is 1. The molecule has 0 saturated carbocycles. The van der Waals surface area contributed by atoms with Gasteiger partial charge in [-0.25, -0.2) is 8.42 Å². The van der Waals surface area contributed by atoms with Crippen molar-refractivity contribution in [1.82, 2.24) is 10.2 Å². The number of aryl methyl sites for hydroxylation is 1. The van der Waals surface area contributed by atoms with Crippen LogP contribution in [0, 0.1) is 12.8 Å². The number of sulfonamides is 1. The molecule has 196 valence electrons. The van der Waals surface area contributed by atoms with Crippen molar-refractivity contribution in [2.75, 3.05) is 30.4 Å². The highest BCUT2D eigenvalue weighted by Gasteiger charge is 2.32. The fourth-order valence-electron chi connectivity index (χ4n) is 3.89. The standard InChI is InChI=1S/C26H35N3O6S/c1-6-22(26(31)27-14-18(2)3)28(15-20-9-7-19(4)8-10-20)25(30)16-29(36(5,32)33)21-11-12-23-24(13-21)35-17-34-23/h7-13,18,22H,6,14-17H2,1-5H3,(H,27,31)/t22-/m1/s1. The molecule has 0 aliphatic carbocycles. The maximum absolute atomic E-state index is 13.7. The second-order valence-electron chi connectivity index (χ2n) is 9.38. The van der Waals surface area contributed by atoms with Crippen LogP contribution in [-0.2, 0) is 26.2 Å². The summed E-state index contributed by atoms with van der Waals surface area (Å²) in [6.07, 6.45) is 1.42. The minimum atomic E-state index is -3.83. The molecule has 1 atom stereocenters. The van der Waals surface area contributed by atoms with Gasteiger partial charge in [-0.1, -0.05) is 50.6 Å². The van der Waals surface area contributed by atoms with E-state index in [2.05, 4.69) is 5.32 Å². The van der Waals surface area contributed by atoms with Crippen LogP contribution >= 0.6 is 0 Å². The molecule has 0 saturated heterocycles. The second-order valence-corrected chi connectivity index (χ2v) is 11.3. The first-order chi connectivity index (χ1) is 17.0. The molecule has 1 aliphatic heterocycles. The zero-order valence-corrected chi connectivity index (χ0v) is 22.3. The van der Waals surface area contributed by atoms with Gasteiger partial charge in [0.05, 0.1) is 11.9 Å². The SMILES string of the molecule is CC[C@H](C(=O)NCC(C)C)N(Cc1ccc(C)cc1)C(=O)CN(c1ccc2c(c1)OCO2)S(C)(=O)=O. The van der Waals surface area contributed by atoms with Crippen molar-refractivity contribution in [2.24, 2.45) is 5.92 Å². The molecule has 0 radical (unpaired) electrons. The molecule has 0 unspecified atom stereocenters. The normalized spacial score (nSPS) is 13.4. The summed E-state index contributed by atoms with van der Waals surface area (Å²) in [5, 5.41) is 2.91. The number of fused-ring (bicyclic) bond motifs is 1. The van der Waals surface area contributed by atoms with Crippen molar-refractivity contribution >= 4 is 27.5 Å². The van der Waals surface area contributed by atoms with Gasteiger partial charge in [0.15, 0.2) is 11.5 Å². The monoisotopic (exact) mass is 517 g/mol. The van der Waals surface area contributed by atoms with E-state index < -0.39 is 28.5 Å². The van der Waals surface area contributed by atoms with Gasteiger partial charge >= 0.3 is 0 Å². The van der Waals surface area contributed by atoms with Crippen LogP contribution in [0.2, 0.25) is 0 Å². The number of anilines is 1. The molecular weight excluding hydrogens is 482 g/mol. The molecular formula is C26H35N3O6S. The van der Waals surface area contributed by atoms with E-state index in [1.165, 1.54) is 11.0 Å². The highest BCUT2D eigenvalue weighted by molar-refractivity contribution is 7.92. The van der Waals surface area contributed by atoms with E-state index in [0.29, 0.717) is 24.5 Å². The Labute approximate surface area is 213 Å². The lowest BCUT2D eigenvalue weighted by atomic mass is 10.1. The highest BCUT2D eigenvalue weighted by atomic mass is 32.2. The van der Waals surface area contributed by atoms with Gasteiger partial charge in [0.1, 0.15) is 12.6 Å². The predicted molar refractivity (Wildman–Crippen MR) is 138 cm³/mol. The van der Waals surface area contributed by atoms with Crippen LogP contribution in [0.1, 0.15) is 38.3 Å². The van der Waals surface area contributed by atoms with Gasteiger partial charge in [0, 0.05) is 19.2 Å². The molecule has 36 heavy (non-hydrogen) atoms. The van der Waals surface area contributed by atoms with Gasteiger partial charge in [0.2, 0.25) is 28.6 Å². The number of carbonyl (C=O) groups excluding carboxylic acids is 2. The van der Waals surface area contributed by atoms with Gasteiger partial charge in [-0.15, -0.1) is 0 Å². The first-order valence-electron chi connectivity index (χ1n) is 12.0. The Morgan fingerprint density at radius 2 is 1.72 bits per heavy atom. The van der Waals surface area contributed by atoms with Gasteiger partial charge in [-0.2, -0.15) is 0 Å². The third kappa shape index (κ3) is 6.90. The van der Waals surface area contributed by atoms with Gasteiger partial charge < -0.3 is 19.7 Å². The Kier molecular flexibility index (Phi) is 8.84. The summed E-state index contributed by atoms with van der Waals surface area (Å²) in [4.78, 5) is 28.3. The molecule has 2 aromatic rings. The van der Waals surface area contributed by atoms with Crippen molar-refractivity contribution < 1.29 is 27.5 Å². The third-order valence-electron chi connectivity index (χ3n) is 5.87. The fourth-order valence-corrected chi connectivity index (χ4v) is 4.73. The zero-order valence-electron chi connectivity index (χ0n) is 21.5. The summed E-state index contributed by atoms with van der Waals surface area (Å²) in [6.45, 7) is 8.03. The largest absolute Gasteiger partial charge is 0.454 e. The van der Waals surface area contributed by atoms with Crippen molar-refractivity contribution in [2.45, 2.75) is 46.7 Å². The number of rotatable bonds is 11. The van der Waals surface area contributed by atoms with Crippen LogP contribution in [0.5, 0.6) is 11.5 Å². The number of carbonyl (C=O) groups is 2. The third-order valence-corrected chi connectivity index (χ3v) is 7.01. The van der Waals surface area contributed by atoms with Crippen LogP contribution in [-0.4, -0.2) is 57.3 Å². The summed E-state index contributed by atoms with van der Waals surface area (Å²) >= 11 is 0. The van der Waals surface area contributed by atoms with Gasteiger partial charge in [-0.05, 0) is 37.0 Å². The van der Waals surface area contributed by atoms with Crippen LogP contribution in [0.25, 0.3) is 0 Å². The smallest absolute Gasteiger partial charge is 0.244 e. The maximum atomic E-state index is 13.7. The Morgan fingerprint density at radius 1 is 1.06 bits per heavy atom. The molecule has 2 amide bonds. The molecule has 2 aromatic carbocycles.